The Balaban J connectivity index is 1.51. The fraction of sp³-hybridized carbons (Fsp3) is 0.350. The summed E-state index contributed by atoms with van der Waals surface area (Å²) in [6.07, 6.45) is 1.66. The minimum Gasteiger partial charge on any atom is -0.355 e. The van der Waals surface area contributed by atoms with E-state index < -0.39 is 0 Å². The average molecular weight is 382 g/mol. The summed E-state index contributed by atoms with van der Waals surface area (Å²) in [5.74, 6) is 1.09. The average Bonchev–Trinajstić information content (AvgIpc) is 3.14. The van der Waals surface area contributed by atoms with Gasteiger partial charge in [-0.15, -0.1) is 11.3 Å². The summed E-state index contributed by atoms with van der Waals surface area (Å²) in [4.78, 5) is 27.6. The Labute approximate surface area is 162 Å². The van der Waals surface area contributed by atoms with Gasteiger partial charge in [0.15, 0.2) is 0 Å². The van der Waals surface area contributed by atoms with Crippen LogP contribution in [0.5, 0.6) is 0 Å². The van der Waals surface area contributed by atoms with Crippen LogP contribution in [0.15, 0.2) is 42.7 Å². The van der Waals surface area contributed by atoms with Crippen molar-refractivity contribution in [2.45, 2.75) is 6.92 Å². The number of nitrogens with one attached hydrogen (secondary N) is 1. The molecule has 0 unspecified atom stereocenters. The molecule has 7 heteroatoms. The predicted octanol–water partition coefficient (Wildman–Crippen LogP) is 2.62. The van der Waals surface area contributed by atoms with Crippen molar-refractivity contribution in [2.24, 2.45) is 0 Å². The van der Waals surface area contributed by atoms with Crippen molar-refractivity contribution in [3.05, 3.63) is 42.7 Å². The maximum atomic E-state index is 11.8. The number of carbonyl (C=O) groups is 1. The number of rotatable bonds is 5. The molecule has 0 aliphatic carbocycles. The van der Waals surface area contributed by atoms with Crippen molar-refractivity contribution in [2.75, 3.05) is 44.2 Å². The lowest BCUT2D eigenvalue weighted by Crippen LogP contribution is -2.49. The maximum Gasteiger partial charge on any atom is 0.234 e. The van der Waals surface area contributed by atoms with Crippen LogP contribution < -0.4 is 10.2 Å². The largest absolute Gasteiger partial charge is 0.355 e. The third-order valence-electron chi connectivity index (χ3n) is 4.78. The number of benzene rings is 1. The Kier molecular flexibility index (Phi) is 5.31. The van der Waals surface area contributed by atoms with Crippen molar-refractivity contribution in [1.82, 2.24) is 20.2 Å². The van der Waals surface area contributed by atoms with Gasteiger partial charge in [0.05, 0.1) is 11.9 Å². The maximum absolute atomic E-state index is 11.8. The van der Waals surface area contributed by atoms with Gasteiger partial charge < -0.3 is 10.2 Å². The number of anilines is 1. The van der Waals surface area contributed by atoms with E-state index in [1.165, 1.54) is 10.4 Å². The number of nitrogens with zero attached hydrogens (tertiary/aromatic N) is 4. The molecule has 1 aromatic carbocycles. The first-order chi connectivity index (χ1) is 13.2. The number of hydrogen-bond donors (Lipinski definition) is 1. The third-order valence-corrected chi connectivity index (χ3v) is 5.87. The lowest BCUT2D eigenvalue weighted by molar-refractivity contribution is -0.122. The van der Waals surface area contributed by atoms with Gasteiger partial charge in [-0.25, -0.2) is 9.97 Å². The second kappa shape index (κ2) is 8.02. The number of piperazine rings is 1. The lowest BCUT2D eigenvalue weighted by atomic mass is 10.2. The predicted molar refractivity (Wildman–Crippen MR) is 110 cm³/mol. The highest BCUT2D eigenvalue weighted by Gasteiger charge is 2.22. The van der Waals surface area contributed by atoms with E-state index in [0.29, 0.717) is 13.1 Å². The van der Waals surface area contributed by atoms with Gasteiger partial charge in [0.2, 0.25) is 5.91 Å². The second-order valence-electron chi connectivity index (χ2n) is 6.61. The molecule has 1 fully saturated rings. The summed E-state index contributed by atoms with van der Waals surface area (Å²) < 4.78 is 0. The summed E-state index contributed by atoms with van der Waals surface area (Å²) in [6, 6.07) is 12.6. The van der Waals surface area contributed by atoms with Crippen LogP contribution in [-0.4, -0.2) is 60.0 Å². The molecule has 6 nitrogen and oxygen atoms in total. The lowest BCUT2D eigenvalue weighted by Gasteiger charge is -2.35. The molecule has 1 N–H and O–H groups in total. The topological polar surface area (TPSA) is 61.4 Å². The number of likely N-dealkylation sites (N-methyl/N-ethyl adjacent to an activating group) is 1. The molecular formula is C20H23N5OS. The molecule has 1 aliphatic rings. The van der Waals surface area contributed by atoms with E-state index in [2.05, 4.69) is 55.4 Å². The second-order valence-corrected chi connectivity index (χ2v) is 7.64. The minimum absolute atomic E-state index is 0.0979. The highest BCUT2D eigenvalue weighted by atomic mass is 32.1. The molecule has 27 heavy (non-hydrogen) atoms. The number of carbonyl (C=O) groups excluding carboxylic acids is 1. The SMILES string of the molecule is CCNC(=O)CN1CCN(c2ncnc3sc(-c4ccccc4)cc23)CC1. The number of amides is 1. The first-order valence-corrected chi connectivity index (χ1v) is 10.1. The molecule has 3 aromatic rings. The number of fused-ring (bicyclic) bond motifs is 1. The molecular weight excluding hydrogens is 358 g/mol. The Bertz CT molecular complexity index is 919. The number of thiophene rings is 1. The van der Waals surface area contributed by atoms with Crippen LogP contribution in [0, 0.1) is 0 Å². The molecule has 0 bridgehead atoms. The van der Waals surface area contributed by atoms with Gasteiger partial charge in [0.1, 0.15) is 17.0 Å². The van der Waals surface area contributed by atoms with Crippen molar-refractivity contribution in [3.8, 4) is 10.4 Å². The normalized spacial score (nSPS) is 15.2. The molecule has 0 spiro atoms. The van der Waals surface area contributed by atoms with Crippen LogP contribution >= 0.6 is 11.3 Å². The quantitative estimate of drug-likeness (QED) is 0.736. The van der Waals surface area contributed by atoms with Crippen molar-refractivity contribution in [3.63, 3.8) is 0 Å². The van der Waals surface area contributed by atoms with Gasteiger partial charge in [-0.1, -0.05) is 30.3 Å². The Morgan fingerprint density at radius 3 is 2.67 bits per heavy atom. The fourth-order valence-corrected chi connectivity index (χ4v) is 4.41. The standard InChI is InChI=1S/C20H23N5OS/c1-2-21-18(26)13-24-8-10-25(11-9-24)19-16-12-17(15-6-4-3-5-7-15)27-20(16)23-14-22-19/h3-7,12,14H,2,8-11,13H2,1H3,(H,21,26). The molecule has 4 rings (SSSR count). The zero-order valence-corrected chi connectivity index (χ0v) is 16.2. The minimum atomic E-state index is 0.0979. The van der Waals surface area contributed by atoms with Crippen molar-refractivity contribution in [1.29, 1.82) is 0 Å². The molecule has 2 aromatic heterocycles. The molecule has 3 heterocycles. The molecule has 0 saturated carbocycles. The zero-order valence-electron chi connectivity index (χ0n) is 15.4. The van der Waals surface area contributed by atoms with E-state index in [1.54, 1.807) is 17.7 Å². The molecule has 140 valence electrons. The van der Waals surface area contributed by atoms with E-state index in [9.17, 15) is 4.79 Å². The van der Waals surface area contributed by atoms with E-state index >= 15 is 0 Å². The van der Waals surface area contributed by atoms with Crippen LogP contribution in [-0.2, 0) is 4.79 Å². The Morgan fingerprint density at radius 1 is 1.15 bits per heavy atom. The number of aromatic nitrogens is 2. The van der Waals surface area contributed by atoms with Gasteiger partial charge in [0.25, 0.3) is 0 Å². The van der Waals surface area contributed by atoms with Gasteiger partial charge >= 0.3 is 0 Å². The zero-order chi connectivity index (χ0) is 18.6. The van der Waals surface area contributed by atoms with Crippen LogP contribution in [0.2, 0.25) is 0 Å². The Morgan fingerprint density at radius 2 is 1.93 bits per heavy atom. The molecule has 1 aliphatic heterocycles. The smallest absolute Gasteiger partial charge is 0.234 e. The van der Waals surface area contributed by atoms with Crippen LogP contribution in [0.25, 0.3) is 20.7 Å². The van der Waals surface area contributed by atoms with E-state index in [0.717, 1.165) is 42.2 Å². The summed E-state index contributed by atoms with van der Waals surface area (Å²) >= 11 is 1.70. The van der Waals surface area contributed by atoms with E-state index in [-0.39, 0.29) is 5.91 Å². The third kappa shape index (κ3) is 3.94. The summed E-state index contributed by atoms with van der Waals surface area (Å²) in [5, 5.41) is 3.97. The monoisotopic (exact) mass is 381 g/mol. The molecule has 0 radical (unpaired) electrons. The summed E-state index contributed by atoms with van der Waals surface area (Å²) in [7, 11) is 0. The fourth-order valence-electron chi connectivity index (χ4n) is 3.41. The van der Waals surface area contributed by atoms with Crippen LogP contribution in [0.3, 0.4) is 0 Å². The Hall–Kier alpha value is -2.51. The van der Waals surface area contributed by atoms with Crippen molar-refractivity contribution < 1.29 is 4.79 Å². The van der Waals surface area contributed by atoms with E-state index in [1.807, 2.05) is 13.0 Å². The highest BCUT2D eigenvalue weighted by molar-refractivity contribution is 7.21. The molecule has 1 saturated heterocycles. The highest BCUT2D eigenvalue weighted by Crippen LogP contribution is 2.36. The van der Waals surface area contributed by atoms with Gasteiger partial charge in [-0.3, -0.25) is 9.69 Å². The molecule has 1 amide bonds. The first-order valence-electron chi connectivity index (χ1n) is 9.28. The van der Waals surface area contributed by atoms with Crippen molar-refractivity contribution >= 4 is 33.3 Å². The number of hydrogen-bond acceptors (Lipinski definition) is 6. The van der Waals surface area contributed by atoms with E-state index in [4.69, 9.17) is 0 Å². The summed E-state index contributed by atoms with van der Waals surface area (Å²) in [6.45, 7) is 6.54. The van der Waals surface area contributed by atoms with Gasteiger partial charge in [-0.2, -0.15) is 0 Å². The van der Waals surface area contributed by atoms with Crippen LogP contribution in [0.4, 0.5) is 5.82 Å². The molecule has 0 atom stereocenters. The van der Waals surface area contributed by atoms with Crippen LogP contribution in [0.1, 0.15) is 6.92 Å². The first kappa shape index (κ1) is 17.9. The van der Waals surface area contributed by atoms with Gasteiger partial charge in [-0.05, 0) is 18.6 Å². The summed E-state index contributed by atoms with van der Waals surface area (Å²) in [5.41, 5.74) is 1.21. The van der Waals surface area contributed by atoms with Gasteiger partial charge in [0, 0.05) is 37.6 Å².